The van der Waals surface area contributed by atoms with Crippen LogP contribution in [0.4, 0.5) is 0 Å². The maximum Gasteiger partial charge on any atom is 0.159 e. The number of hydrogen-bond acceptors (Lipinski definition) is 2. The Morgan fingerprint density at radius 2 is 0.850 bits per heavy atom. The molecule has 0 spiro atoms. The molecule has 0 fully saturated rings. The molecule has 0 saturated carbocycles. The third-order valence-corrected chi connectivity index (χ3v) is 9.37. The highest BCUT2D eigenvalue weighted by molar-refractivity contribution is 5.89. The first-order valence-electron chi connectivity index (χ1n) is 14.1. The van der Waals surface area contributed by atoms with E-state index in [0.29, 0.717) is 0 Å². The molecule has 40 heavy (non-hydrogen) atoms. The minimum atomic E-state index is -0.0258. The number of rotatable bonds is 2. The maximum atomic E-state index is 4.76. The van der Waals surface area contributed by atoms with Crippen molar-refractivity contribution in [2.45, 2.75) is 38.5 Å². The second-order valence-corrected chi connectivity index (χ2v) is 12.4. The van der Waals surface area contributed by atoms with Crippen LogP contribution >= 0.6 is 0 Å². The van der Waals surface area contributed by atoms with Gasteiger partial charge in [-0.25, -0.2) is 9.97 Å². The molecule has 2 heteroatoms. The van der Waals surface area contributed by atoms with Crippen molar-refractivity contribution in [2.75, 3.05) is 0 Å². The Kier molecular flexibility index (Phi) is 4.66. The highest BCUT2D eigenvalue weighted by Crippen LogP contribution is 2.50. The van der Waals surface area contributed by atoms with Crippen molar-refractivity contribution in [2.24, 2.45) is 0 Å². The fourth-order valence-corrected chi connectivity index (χ4v) is 7.11. The van der Waals surface area contributed by atoms with E-state index in [4.69, 9.17) is 9.97 Å². The molecule has 0 radical (unpaired) electrons. The number of pyridine rings is 2. The molecule has 2 aliphatic carbocycles. The lowest BCUT2D eigenvalue weighted by molar-refractivity contribution is 0.660. The van der Waals surface area contributed by atoms with E-state index in [2.05, 4.69) is 125 Å². The smallest absolute Gasteiger partial charge is 0.159 e. The number of nitrogens with zero attached hydrogens (tertiary/aromatic N) is 2. The van der Waals surface area contributed by atoms with Gasteiger partial charge in [-0.3, -0.25) is 0 Å². The first-order chi connectivity index (χ1) is 19.3. The van der Waals surface area contributed by atoms with Crippen LogP contribution in [0, 0.1) is 0 Å². The van der Waals surface area contributed by atoms with E-state index in [-0.39, 0.29) is 10.8 Å². The lowest BCUT2D eigenvalue weighted by Gasteiger charge is -2.22. The number of aromatic nitrogens is 2. The van der Waals surface area contributed by atoms with Gasteiger partial charge in [0.2, 0.25) is 0 Å². The van der Waals surface area contributed by atoms with E-state index >= 15 is 0 Å². The van der Waals surface area contributed by atoms with Gasteiger partial charge in [-0.05, 0) is 79.9 Å². The van der Waals surface area contributed by atoms with Crippen LogP contribution in [0.25, 0.3) is 55.5 Å². The largest absolute Gasteiger partial charge is 0.236 e. The fraction of sp³-hybridized carbons (Fsp3) is 0.158. The van der Waals surface area contributed by atoms with E-state index in [9.17, 15) is 0 Å². The SMILES string of the molecule is CC1(C)c2ccccc2-c2ccc(-c3cnc4ncc(-c5ccc6c(c5)C(C)(C)c5ccccc5-6)cc4c3)cc21. The van der Waals surface area contributed by atoms with Gasteiger partial charge in [-0.2, -0.15) is 0 Å². The van der Waals surface area contributed by atoms with Gasteiger partial charge in [-0.1, -0.05) is 100 Å². The Bertz CT molecular complexity index is 1870. The van der Waals surface area contributed by atoms with Gasteiger partial charge in [0.05, 0.1) is 0 Å². The summed E-state index contributed by atoms with van der Waals surface area (Å²) >= 11 is 0. The van der Waals surface area contributed by atoms with Crippen LogP contribution in [0.5, 0.6) is 0 Å². The highest BCUT2D eigenvalue weighted by Gasteiger charge is 2.36. The average molecular weight is 515 g/mol. The van der Waals surface area contributed by atoms with E-state index < -0.39 is 0 Å². The quantitative estimate of drug-likeness (QED) is 0.230. The molecule has 2 aromatic heterocycles. The second-order valence-electron chi connectivity index (χ2n) is 12.4. The molecule has 0 N–H and O–H groups in total. The minimum absolute atomic E-state index is 0.0258. The Morgan fingerprint density at radius 1 is 0.425 bits per heavy atom. The summed E-state index contributed by atoms with van der Waals surface area (Å²) in [5.41, 5.74) is 16.2. The average Bonchev–Trinajstić information content (AvgIpc) is 3.36. The van der Waals surface area contributed by atoms with Crippen molar-refractivity contribution in [3.63, 3.8) is 0 Å². The molecule has 2 aliphatic rings. The zero-order valence-corrected chi connectivity index (χ0v) is 23.3. The summed E-state index contributed by atoms with van der Waals surface area (Å²) in [5.74, 6) is 0. The molecule has 2 heterocycles. The zero-order chi connectivity index (χ0) is 27.2. The summed E-state index contributed by atoms with van der Waals surface area (Å²) < 4.78 is 0. The molecule has 192 valence electrons. The molecule has 0 aliphatic heterocycles. The first kappa shape index (κ1) is 23.3. The number of hydrogen-bond donors (Lipinski definition) is 0. The van der Waals surface area contributed by atoms with Crippen molar-refractivity contribution in [3.8, 4) is 44.5 Å². The van der Waals surface area contributed by atoms with Crippen molar-refractivity contribution in [3.05, 3.63) is 132 Å². The Morgan fingerprint density at radius 3 is 1.32 bits per heavy atom. The van der Waals surface area contributed by atoms with E-state index in [0.717, 1.165) is 22.2 Å². The number of benzene rings is 4. The van der Waals surface area contributed by atoms with Crippen LogP contribution in [0.3, 0.4) is 0 Å². The van der Waals surface area contributed by atoms with Crippen molar-refractivity contribution >= 4 is 11.0 Å². The molecule has 4 aromatic carbocycles. The number of fused-ring (bicyclic) bond motifs is 7. The van der Waals surface area contributed by atoms with Crippen LogP contribution in [0.2, 0.25) is 0 Å². The summed E-state index contributed by atoms with van der Waals surface area (Å²) in [4.78, 5) is 9.52. The molecular weight excluding hydrogens is 484 g/mol. The monoisotopic (exact) mass is 514 g/mol. The minimum Gasteiger partial charge on any atom is -0.236 e. The van der Waals surface area contributed by atoms with Crippen LogP contribution < -0.4 is 0 Å². The zero-order valence-electron chi connectivity index (χ0n) is 23.3. The lowest BCUT2D eigenvalue weighted by Crippen LogP contribution is -2.14. The summed E-state index contributed by atoms with van der Waals surface area (Å²) in [6, 6.07) is 35.8. The summed E-state index contributed by atoms with van der Waals surface area (Å²) in [6.07, 6.45) is 3.92. The molecule has 0 saturated heterocycles. The predicted octanol–water partition coefficient (Wildman–Crippen LogP) is 9.58. The van der Waals surface area contributed by atoms with Crippen molar-refractivity contribution in [1.82, 2.24) is 9.97 Å². The third-order valence-electron chi connectivity index (χ3n) is 9.37. The van der Waals surface area contributed by atoms with Crippen molar-refractivity contribution < 1.29 is 0 Å². The van der Waals surface area contributed by atoms with Gasteiger partial charge in [0.25, 0.3) is 0 Å². The molecule has 8 rings (SSSR count). The molecule has 6 aromatic rings. The highest BCUT2D eigenvalue weighted by atomic mass is 14.8. The Hall–Kier alpha value is -4.56. The van der Waals surface area contributed by atoms with E-state index in [1.54, 1.807) is 0 Å². The second kappa shape index (κ2) is 7.99. The van der Waals surface area contributed by atoms with E-state index in [1.165, 1.54) is 55.6 Å². The van der Waals surface area contributed by atoms with Crippen LogP contribution in [-0.2, 0) is 10.8 Å². The van der Waals surface area contributed by atoms with Crippen LogP contribution in [0.1, 0.15) is 49.9 Å². The van der Waals surface area contributed by atoms with Crippen LogP contribution in [0.15, 0.2) is 109 Å². The van der Waals surface area contributed by atoms with Gasteiger partial charge in [0, 0.05) is 39.7 Å². The van der Waals surface area contributed by atoms with Crippen LogP contribution in [-0.4, -0.2) is 9.97 Å². The summed E-state index contributed by atoms with van der Waals surface area (Å²) in [7, 11) is 0. The standard InChI is InChI=1S/C38H30N2/c1-37(2)32-11-7-5-9-28(32)30-15-13-23(19-34(30)37)26-17-25-18-27(22-40-36(25)39-21-26)24-14-16-31-29-10-6-8-12-33(29)38(3,4)35(31)20-24/h5-22H,1-4H3. The Balaban J connectivity index is 1.20. The van der Waals surface area contributed by atoms with E-state index in [1.807, 2.05) is 12.4 Å². The molecule has 0 bridgehead atoms. The molecule has 0 atom stereocenters. The van der Waals surface area contributed by atoms with Gasteiger partial charge in [0.1, 0.15) is 0 Å². The molecular formula is C38H30N2. The predicted molar refractivity (Wildman–Crippen MR) is 166 cm³/mol. The van der Waals surface area contributed by atoms with Gasteiger partial charge in [-0.15, -0.1) is 0 Å². The lowest BCUT2D eigenvalue weighted by atomic mass is 9.81. The first-order valence-corrected chi connectivity index (χ1v) is 14.1. The summed E-state index contributed by atoms with van der Waals surface area (Å²) in [5, 5.41) is 1.06. The third kappa shape index (κ3) is 3.17. The molecule has 0 amide bonds. The van der Waals surface area contributed by atoms with Gasteiger partial charge >= 0.3 is 0 Å². The van der Waals surface area contributed by atoms with Crippen molar-refractivity contribution in [1.29, 1.82) is 0 Å². The fourth-order valence-electron chi connectivity index (χ4n) is 7.11. The maximum absolute atomic E-state index is 4.76. The topological polar surface area (TPSA) is 25.8 Å². The van der Waals surface area contributed by atoms with Gasteiger partial charge < -0.3 is 0 Å². The summed E-state index contributed by atoms with van der Waals surface area (Å²) in [6.45, 7) is 9.30. The van der Waals surface area contributed by atoms with Gasteiger partial charge in [0.15, 0.2) is 5.65 Å². The Labute approximate surface area is 235 Å². The molecule has 0 unspecified atom stereocenters. The normalized spacial score (nSPS) is 15.4. The molecule has 2 nitrogen and oxygen atoms in total.